The summed E-state index contributed by atoms with van der Waals surface area (Å²) in [5.41, 5.74) is 3.71. The second-order valence-corrected chi connectivity index (χ2v) is 7.48. The van der Waals surface area contributed by atoms with Crippen LogP contribution in [-0.2, 0) is 6.42 Å². The summed E-state index contributed by atoms with van der Waals surface area (Å²) in [4.78, 5) is 0. The van der Waals surface area contributed by atoms with E-state index < -0.39 is 0 Å². The average molecular weight is 271 g/mol. The minimum Gasteiger partial charge on any atom is -0.309 e. The van der Waals surface area contributed by atoms with Gasteiger partial charge in [-0.3, -0.25) is 0 Å². The molecule has 0 heterocycles. The molecular formula is C19H29N. The molecule has 1 aromatic rings. The van der Waals surface area contributed by atoms with Crippen LogP contribution in [0.15, 0.2) is 24.3 Å². The summed E-state index contributed by atoms with van der Waals surface area (Å²) >= 11 is 0. The standard InChI is InChI=1S/C19H29N/c1-15(2)13-19(11-5-6-12-19)14-20-18-10-9-16-7-3-4-8-17(16)18/h3-4,7-8,15,18,20H,5-6,9-14H2,1-2H3. The maximum atomic E-state index is 3.93. The third-order valence-electron chi connectivity index (χ3n) is 5.36. The first-order chi connectivity index (χ1) is 9.69. The lowest BCUT2D eigenvalue weighted by Gasteiger charge is -2.33. The van der Waals surface area contributed by atoms with Gasteiger partial charge in [0.2, 0.25) is 0 Å². The van der Waals surface area contributed by atoms with Crippen molar-refractivity contribution in [3.8, 4) is 0 Å². The number of hydrogen-bond acceptors (Lipinski definition) is 1. The van der Waals surface area contributed by atoms with Crippen molar-refractivity contribution >= 4 is 0 Å². The Morgan fingerprint density at radius 2 is 1.95 bits per heavy atom. The number of fused-ring (bicyclic) bond motifs is 1. The summed E-state index contributed by atoms with van der Waals surface area (Å²) in [5.74, 6) is 0.825. The number of aryl methyl sites for hydroxylation is 1. The van der Waals surface area contributed by atoms with Crippen LogP contribution in [0.4, 0.5) is 0 Å². The normalized spacial score (nSPS) is 24.2. The van der Waals surface area contributed by atoms with Crippen molar-refractivity contribution in [2.75, 3.05) is 6.54 Å². The Bertz CT molecular complexity index is 443. The van der Waals surface area contributed by atoms with Gasteiger partial charge in [-0.05, 0) is 54.6 Å². The van der Waals surface area contributed by atoms with E-state index in [1.165, 1.54) is 51.5 Å². The Morgan fingerprint density at radius 1 is 1.20 bits per heavy atom. The minimum atomic E-state index is 0.589. The Balaban J connectivity index is 1.64. The van der Waals surface area contributed by atoms with Gasteiger partial charge in [0.05, 0.1) is 0 Å². The first-order valence-corrected chi connectivity index (χ1v) is 8.50. The van der Waals surface area contributed by atoms with E-state index in [4.69, 9.17) is 0 Å². The first-order valence-electron chi connectivity index (χ1n) is 8.50. The van der Waals surface area contributed by atoms with Crippen molar-refractivity contribution in [1.82, 2.24) is 5.32 Å². The minimum absolute atomic E-state index is 0.589. The molecule has 2 aliphatic rings. The Hall–Kier alpha value is -0.820. The van der Waals surface area contributed by atoms with Crippen molar-refractivity contribution in [2.45, 2.75) is 64.8 Å². The zero-order valence-electron chi connectivity index (χ0n) is 13.1. The highest BCUT2D eigenvalue weighted by molar-refractivity contribution is 5.34. The van der Waals surface area contributed by atoms with E-state index in [9.17, 15) is 0 Å². The fourth-order valence-electron chi connectivity index (χ4n) is 4.55. The van der Waals surface area contributed by atoms with Gasteiger partial charge < -0.3 is 5.32 Å². The molecule has 1 heteroatoms. The van der Waals surface area contributed by atoms with Gasteiger partial charge in [-0.25, -0.2) is 0 Å². The van der Waals surface area contributed by atoms with E-state index in [1.807, 2.05) is 0 Å². The molecule has 1 nitrogen and oxygen atoms in total. The Kier molecular flexibility index (Phi) is 4.16. The predicted molar refractivity (Wildman–Crippen MR) is 85.9 cm³/mol. The van der Waals surface area contributed by atoms with Crippen molar-refractivity contribution in [1.29, 1.82) is 0 Å². The monoisotopic (exact) mass is 271 g/mol. The zero-order valence-corrected chi connectivity index (χ0v) is 13.1. The van der Waals surface area contributed by atoms with Crippen LogP contribution in [0.2, 0.25) is 0 Å². The summed E-state index contributed by atoms with van der Waals surface area (Å²) in [6, 6.07) is 9.60. The molecule has 0 saturated heterocycles. The molecule has 0 bridgehead atoms. The fourth-order valence-corrected chi connectivity index (χ4v) is 4.55. The molecular weight excluding hydrogens is 242 g/mol. The predicted octanol–water partition coefficient (Wildman–Crippen LogP) is 4.87. The van der Waals surface area contributed by atoms with Crippen LogP contribution in [-0.4, -0.2) is 6.54 Å². The van der Waals surface area contributed by atoms with Crippen LogP contribution in [0.3, 0.4) is 0 Å². The van der Waals surface area contributed by atoms with Gasteiger partial charge in [0.15, 0.2) is 0 Å². The molecule has 0 aromatic heterocycles. The molecule has 0 radical (unpaired) electrons. The van der Waals surface area contributed by atoms with E-state index in [2.05, 4.69) is 43.4 Å². The van der Waals surface area contributed by atoms with E-state index in [-0.39, 0.29) is 0 Å². The molecule has 1 fully saturated rings. The molecule has 1 aromatic carbocycles. The highest BCUT2D eigenvalue weighted by Gasteiger charge is 2.35. The van der Waals surface area contributed by atoms with Crippen LogP contribution >= 0.6 is 0 Å². The van der Waals surface area contributed by atoms with Gasteiger partial charge in [-0.15, -0.1) is 0 Å². The van der Waals surface area contributed by atoms with Crippen molar-refractivity contribution < 1.29 is 0 Å². The molecule has 0 aliphatic heterocycles. The summed E-state index contributed by atoms with van der Waals surface area (Å²) in [7, 11) is 0. The molecule has 20 heavy (non-hydrogen) atoms. The number of benzene rings is 1. The first kappa shape index (κ1) is 14.1. The Labute approximate surface area is 124 Å². The topological polar surface area (TPSA) is 12.0 Å². The van der Waals surface area contributed by atoms with Crippen molar-refractivity contribution in [3.05, 3.63) is 35.4 Å². The zero-order chi connectivity index (χ0) is 14.0. The largest absolute Gasteiger partial charge is 0.309 e. The lowest BCUT2D eigenvalue weighted by molar-refractivity contribution is 0.215. The lowest BCUT2D eigenvalue weighted by atomic mass is 9.78. The van der Waals surface area contributed by atoms with Crippen molar-refractivity contribution in [3.63, 3.8) is 0 Å². The number of hydrogen-bond donors (Lipinski definition) is 1. The van der Waals surface area contributed by atoms with E-state index >= 15 is 0 Å². The van der Waals surface area contributed by atoms with Crippen LogP contribution in [0.25, 0.3) is 0 Å². The molecule has 1 saturated carbocycles. The molecule has 1 N–H and O–H groups in total. The highest BCUT2D eigenvalue weighted by atomic mass is 14.9. The lowest BCUT2D eigenvalue weighted by Crippen LogP contribution is -2.35. The number of nitrogens with one attached hydrogen (secondary N) is 1. The van der Waals surface area contributed by atoms with Crippen LogP contribution in [0, 0.1) is 11.3 Å². The van der Waals surface area contributed by atoms with E-state index in [1.54, 1.807) is 11.1 Å². The van der Waals surface area contributed by atoms with Crippen LogP contribution in [0.5, 0.6) is 0 Å². The maximum Gasteiger partial charge on any atom is 0.0326 e. The summed E-state index contributed by atoms with van der Waals surface area (Å²) in [5, 5.41) is 3.93. The van der Waals surface area contributed by atoms with Gasteiger partial charge in [-0.2, -0.15) is 0 Å². The molecule has 0 spiro atoms. The number of rotatable bonds is 5. The van der Waals surface area contributed by atoms with E-state index in [0.29, 0.717) is 11.5 Å². The molecule has 0 amide bonds. The van der Waals surface area contributed by atoms with Gasteiger partial charge in [0, 0.05) is 12.6 Å². The molecule has 3 rings (SSSR count). The quantitative estimate of drug-likeness (QED) is 0.805. The van der Waals surface area contributed by atoms with Gasteiger partial charge in [0.1, 0.15) is 0 Å². The SMILES string of the molecule is CC(C)CC1(CNC2CCc3ccccc32)CCCC1. The van der Waals surface area contributed by atoms with Gasteiger partial charge in [0.25, 0.3) is 0 Å². The summed E-state index contributed by atoms with van der Waals surface area (Å²) in [6.07, 6.45) is 9.70. The second kappa shape index (κ2) is 5.89. The van der Waals surface area contributed by atoms with E-state index in [0.717, 1.165) is 5.92 Å². The second-order valence-electron chi connectivity index (χ2n) is 7.48. The molecule has 110 valence electrons. The molecule has 2 aliphatic carbocycles. The van der Waals surface area contributed by atoms with Crippen molar-refractivity contribution in [2.24, 2.45) is 11.3 Å². The maximum absolute atomic E-state index is 3.93. The third-order valence-corrected chi connectivity index (χ3v) is 5.36. The molecule has 1 unspecified atom stereocenters. The highest BCUT2D eigenvalue weighted by Crippen LogP contribution is 2.43. The third kappa shape index (κ3) is 2.93. The van der Waals surface area contributed by atoms with Crippen LogP contribution < -0.4 is 5.32 Å². The van der Waals surface area contributed by atoms with Gasteiger partial charge in [-0.1, -0.05) is 51.0 Å². The van der Waals surface area contributed by atoms with Crippen LogP contribution in [0.1, 0.15) is 69.5 Å². The Morgan fingerprint density at radius 3 is 2.70 bits per heavy atom. The molecule has 1 atom stereocenters. The smallest absolute Gasteiger partial charge is 0.0326 e. The fraction of sp³-hybridized carbons (Fsp3) is 0.684. The average Bonchev–Trinajstić information content (AvgIpc) is 3.03. The van der Waals surface area contributed by atoms with Gasteiger partial charge >= 0.3 is 0 Å². The summed E-state index contributed by atoms with van der Waals surface area (Å²) < 4.78 is 0. The summed E-state index contributed by atoms with van der Waals surface area (Å²) in [6.45, 7) is 5.99.